The Hall–Kier alpha value is -2.73. The largest absolute Gasteiger partial charge is 0.496 e. The maximum Gasteiger partial charge on any atom is 0.314 e. The molecule has 0 saturated carbocycles. The van der Waals surface area contributed by atoms with Crippen LogP contribution in [0.1, 0.15) is 22.7 Å². The van der Waals surface area contributed by atoms with Crippen LogP contribution in [-0.4, -0.2) is 52.3 Å². The zero-order valence-corrected chi connectivity index (χ0v) is 17.4. The van der Waals surface area contributed by atoms with E-state index in [-0.39, 0.29) is 12.1 Å². The van der Waals surface area contributed by atoms with Crippen LogP contribution in [0.15, 0.2) is 42.5 Å². The van der Waals surface area contributed by atoms with E-state index in [1.54, 1.807) is 14.2 Å². The summed E-state index contributed by atoms with van der Waals surface area (Å²) in [6.07, 6.45) is 0.710. The number of benzene rings is 2. The monoisotopic (exact) mass is 385 g/mol. The Morgan fingerprint density at radius 1 is 1.04 bits per heavy atom. The predicted octanol–water partition coefficient (Wildman–Crippen LogP) is 3.16. The van der Waals surface area contributed by atoms with Gasteiger partial charge in [-0.2, -0.15) is 0 Å². The van der Waals surface area contributed by atoms with E-state index >= 15 is 0 Å². The second kappa shape index (κ2) is 10.6. The van der Waals surface area contributed by atoms with Crippen molar-refractivity contribution in [3.8, 4) is 11.5 Å². The molecule has 6 nitrogen and oxygen atoms in total. The van der Waals surface area contributed by atoms with Gasteiger partial charge in [0.1, 0.15) is 11.5 Å². The van der Waals surface area contributed by atoms with E-state index in [1.807, 2.05) is 57.4 Å². The van der Waals surface area contributed by atoms with Gasteiger partial charge in [0, 0.05) is 18.7 Å². The molecular formula is C22H31N3O3. The Morgan fingerprint density at radius 3 is 2.43 bits per heavy atom. The summed E-state index contributed by atoms with van der Waals surface area (Å²) in [5.74, 6) is 1.66. The third kappa shape index (κ3) is 5.89. The highest BCUT2D eigenvalue weighted by molar-refractivity contribution is 5.73. The number of hydrogen-bond acceptors (Lipinski definition) is 4. The topological polar surface area (TPSA) is 62.8 Å². The van der Waals surface area contributed by atoms with Crippen molar-refractivity contribution in [1.82, 2.24) is 15.5 Å². The van der Waals surface area contributed by atoms with Crippen molar-refractivity contribution in [1.29, 1.82) is 0 Å². The molecule has 2 amide bonds. The molecule has 2 N–H and O–H groups in total. The number of para-hydroxylation sites is 1. The number of methoxy groups -OCH3 is 2. The lowest BCUT2D eigenvalue weighted by Gasteiger charge is -2.26. The maximum absolute atomic E-state index is 12.3. The van der Waals surface area contributed by atoms with Gasteiger partial charge < -0.3 is 25.0 Å². The summed E-state index contributed by atoms with van der Waals surface area (Å²) in [7, 11) is 7.29. The van der Waals surface area contributed by atoms with Crippen LogP contribution in [0, 0.1) is 6.92 Å². The van der Waals surface area contributed by atoms with Crippen LogP contribution in [-0.2, 0) is 6.42 Å². The number of nitrogens with one attached hydrogen (secondary N) is 2. The van der Waals surface area contributed by atoms with E-state index in [0.717, 1.165) is 22.6 Å². The molecule has 1 atom stereocenters. The molecule has 0 fully saturated rings. The van der Waals surface area contributed by atoms with Crippen LogP contribution >= 0.6 is 0 Å². The van der Waals surface area contributed by atoms with Crippen LogP contribution in [0.2, 0.25) is 0 Å². The van der Waals surface area contributed by atoms with E-state index in [1.165, 1.54) is 5.56 Å². The molecule has 0 spiro atoms. The first-order valence-corrected chi connectivity index (χ1v) is 9.40. The molecule has 0 saturated heterocycles. The van der Waals surface area contributed by atoms with Gasteiger partial charge in [0.15, 0.2) is 0 Å². The molecule has 2 rings (SSSR count). The molecule has 0 bridgehead atoms. The highest BCUT2D eigenvalue weighted by Gasteiger charge is 2.18. The molecule has 0 heterocycles. The molecular weight excluding hydrogens is 354 g/mol. The van der Waals surface area contributed by atoms with Gasteiger partial charge in [-0.3, -0.25) is 0 Å². The SMILES string of the molecule is COc1ccc(C)cc1CCNC(=O)NCC(c1ccccc1OC)N(C)C. The Labute approximate surface area is 167 Å². The number of aryl methyl sites for hydroxylation is 1. The van der Waals surface area contributed by atoms with E-state index in [9.17, 15) is 4.79 Å². The number of hydrogen-bond donors (Lipinski definition) is 2. The fourth-order valence-corrected chi connectivity index (χ4v) is 3.18. The van der Waals surface area contributed by atoms with Crippen molar-refractivity contribution in [2.45, 2.75) is 19.4 Å². The van der Waals surface area contributed by atoms with E-state index in [0.29, 0.717) is 19.5 Å². The Kier molecular flexibility index (Phi) is 8.14. The number of ether oxygens (including phenoxy) is 2. The minimum absolute atomic E-state index is 0.0127. The summed E-state index contributed by atoms with van der Waals surface area (Å²) >= 11 is 0. The molecule has 2 aromatic carbocycles. The molecule has 6 heteroatoms. The quantitative estimate of drug-likeness (QED) is 0.696. The van der Waals surface area contributed by atoms with Gasteiger partial charge in [-0.25, -0.2) is 4.79 Å². The standard InChI is InChI=1S/C22H31N3O3/c1-16-10-11-20(27-4)17(14-16)12-13-23-22(26)24-15-19(25(2)3)18-8-6-7-9-21(18)28-5/h6-11,14,19H,12-13,15H2,1-5H3,(H2,23,24,26). The van der Waals surface area contributed by atoms with Crippen molar-refractivity contribution in [3.63, 3.8) is 0 Å². The first-order chi connectivity index (χ1) is 13.5. The molecule has 2 aromatic rings. The molecule has 0 aliphatic rings. The van der Waals surface area contributed by atoms with Crippen LogP contribution in [0.3, 0.4) is 0 Å². The van der Waals surface area contributed by atoms with Gasteiger partial charge in [0.2, 0.25) is 0 Å². The highest BCUT2D eigenvalue weighted by atomic mass is 16.5. The molecule has 28 heavy (non-hydrogen) atoms. The highest BCUT2D eigenvalue weighted by Crippen LogP contribution is 2.27. The van der Waals surface area contributed by atoms with Crippen molar-refractivity contribution in [2.24, 2.45) is 0 Å². The third-order valence-corrected chi connectivity index (χ3v) is 4.69. The first-order valence-electron chi connectivity index (χ1n) is 9.40. The van der Waals surface area contributed by atoms with Crippen molar-refractivity contribution >= 4 is 6.03 Å². The van der Waals surface area contributed by atoms with Crippen molar-refractivity contribution in [2.75, 3.05) is 41.4 Å². The van der Waals surface area contributed by atoms with Gasteiger partial charge in [-0.05, 0) is 45.1 Å². The summed E-state index contributed by atoms with van der Waals surface area (Å²) in [5, 5.41) is 5.88. The van der Waals surface area contributed by atoms with Crippen LogP contribution < -0.4 is 20.1 Å². The normalized spacial score (nSPS) is 11.8. The smallest absolute Gasteiger partial charge is 0.314 e. The Morgan fingerprint density at radius 2 is 1.75 bits per heavy atom. The average Bonchev–Trinajstić information content (AvgIpc) is 2.68. The zero-order valence-electron chi connectivity index (χ0n) is 17.4. The van der Waals surface area contributed by atoms with Crippen LogP contribution in [0.25, 0.3) is 0 Å². The van der Waals surface area contributed by atoms with Crippen LogP contribution in [0.5, 0.6) is 11.5 Å². The van der Waals surface area contributed by atoms with Gasteiger partial charge in [0.05, 0.1) is 20.3 Å². The number of urea groups is 1. The molecule has 0 aromatic heterocycles. The van der Waals surface area contributed by atoms with Crippen LogP contribution in [0.4, 0.5) is 4.79 Å². The minimum atomic E-state index is -0.187. The first kappa shape index (κ1) is 21.6. The van der Waals surface area contributed by atoms with Gasteiger partial charge >= 0.3 is 6.03 Å². The van der Waals surface area contributed by atoms with Gasteiger partial charge in [-0.1, -0.05) is 35.9 Å². The number of likely N-dealkylation sites (N-methyl/N-ethyl adjacent to an activating group) is 1. The predicted molar refractivity (Wildman–Crippen MR) is 112 cm³/mol. The summed E-state index contributed by atoms with van der Waals surface area (Å²) in [5.41, 5.74) is 3.30. The lowest BCUT2D eigenvalue weighted by Crippen LogP contribution is -2.41. The van der Waals surface area contributed by atoms with Gasteiger partial charge in [0.25, 0.3) is 0 Å². The molecule has 152 valence electrons. The lowest BCUT2D eigenvalue weighted by molar-refractivity contribution is 0.232. The number of rotatable bonds is 9. The molecule has 0 radical (unpaired) electrons. The number of amides is 2. The van der Waals surface area contributed by atoms with E-state index in [2.05, 4.69) is 21.6 Å². The number of carbonyl (C=O) groups excluding carboxylic acids is 1. The van der Waals surface area contributed by atoms with Gasteiger partial charge in [-0.15, -0.1) is 0 Å². The summed E-state index contributed by atoms with van der Waals surface area (Å²) in [4.78, 5) is 14.3. The minimum Gasteiger partial charge on any atom is -0.496 e. The molecule has 0 aliphatic heterocycles. The van der Waals surface area contributed by atoms with E-state index < -0.39 is 0 Å². The van der Waals surface area contributed by atoms with Crippen molar-refractivity contribution in [3.05, 3.63) is 59.2 Å². The fraction of sp³-hybridized carbons (Fsp3) is 0.409. The number of nitrogens with zero attached hydrogens (tertiary/aromatic N) is 1. The second-order valence-electron chi connectivity index (χ2n) is 6.92. The fourth-order valence-electron chi connectivity index (χ4n) is 3.18. The second-order valence-corrected chi connectivity index (χ2v) is 6.92. The Balaban J connectivity index is 1.89. The summed E-state index contributed by atoms with van der Waals surface area (Å²) in [6, 6.07) is 13.8. The maximum atomic E-state index is 12.3. The van der Waals surface area contributed by atoms with E-state index in [4.69, 9.17) is 9.47 Å². The summed E-state index contributed by atoms with van der Waals surface area (Å²) < 4.78 is 10.9. The number of carbonyl (C=O) groups is 1. The lowest BCUT2D eigenvalue weighted by atomic mass is 10.0. The Bertz CT molecular complexity index is 777. The average molecular weight is 386 g/mol. The summed E-state index contributed by atoms with van der Waals surface area (Å²) in [6.45, 7) is 3.06. The third-order valence-electron chi connectivity index (χ3n) is 4.69. The zero-order chi connectivity index (χ0) is 20.5. The molecule has 0 aliphatic carbocycles. The molecule has 1 unspecified atom stereocenters. The van der Waals surface area contributed by atoms with Crippen molar-refractivity contribution < 1.29 is 14.3 Å².